The first-order chi connectivity index (χ1) is 29.2. The maximum Gasteiger partial charge on any atom is 0.137 e. The van der Waals surface area contributed by atoms with Gasteiger partial charge in [0.15, 0.2) is 0 Å². The Hall–Kier alpha value is -7.42. The van der Waals surface area contributed by atoms with Gasteiger partial charge in [-0.15, -0.1) is 0 Å². The van der Waals surface area contributed by atoms with E-state index in [0.717, 1.165) is 33.6 Å². The van der Waals surface area contributed by atoms with Gasteiger partial charge in [-0.1, -0.05) is 170 Å². The van der Waals surface area contributed by atoms with Gasteiger partial charge in [-0.25, -0.2) is 0 Å². The van der Waals surface area contributed by atoms with Crippen LogP contribution in [0.25, 0.3) is 44.2 Å². The predicted molar refractivity (Wildman–Crippen MR) is 243 cm³/mol. The van der Waals surface area contributed by atoms with Crippen molar-refractivity contribution in [2.24, 2.45) is 0 Å². The molecule has 2 nitrogen and oxygen atoms in total. The molecule has 10 aromatic rings. The molecule has 0 saturated carbocycles. The molecular weight excluding hydrogens is 715 g/mol. The van der Waals surface area contributed by atoms with Crippen LogP contribution >= 0.6 is 0 Å². The molecule has 278 valence electrons. The van der Waals surface area contributed by atoms with Crippen LogP contribution in [0.2, 0.25) is 0 Å². The summed E-state index contributed by atoms with van der Waals surface area (Å²) in [5.41, 5.74) is 18.3. The fraction of sp³-hybridized carbons (Fsp3) is 0.0526. The second-order valence-electron chi connectivity index (χ2n) is 16.1. The molecule has 12 rings (SSSR count). The van der Waals surface area contributed by atoms with Gasteiger partial charge in [0.1, 0.15) is 11.2 Å². The summed E-state index contributed by atoms with van der Waals surface area (Å²) >= 11 is 0. The lowest BCUT2D eigenvalue weighted by atomic mass is 9.67. The standard InChI is InChI=1S/C57H39NO/c1-56(48-27-14-11-24-43(48)44-25-12-15-28-49(44)56)51-30-17-31-53-55(51)47-35-33-42(37-54(47)59-53)58(40-22-9-4-10-23-40)41-32-34-46-45-26-13-16-29-50(45)57(52(46)36-41,38-18-5-2-6-19-38)39-20-7-3-8-21-39/h2-37H,1H3. The quantitative estimate of drug-likeness (QED) is 0.168. The van der Waals surface area contributed by atoms with Crippen LogP contribution in [0, 0.1) is 0 Å². The molecule has 0 unspecified atom stereocenters. The highest BCUT2D eigenvalue weighted by Crippen LogP contribution is 2.58. The predicted octanol–water partition coefficient (Wildman–Crippen LogP) is 14.8. The van der Waals surface area contributed by atoms with E-state index in [4.69, 9.17) is 4.42 Å². The molecule has 0 N–H and O–H groups in total. The monoisotopic (exact) mass is 753 g/mol. The second kappa shape index (κ2) is 12.8. The Morgan fingerprint density at radius 2 is 0.847 bits per heavy atom. The SMILES string of the molecule is CC1(c2cccc3oc4cc(N(c5ccccc5)c5ccc6c(c5)C(c5ccccc5)(c5ccccc5)c5ccccc5-6)ccc4c23)c2ccccc2-c2ccccc21. The van der Waals surface area contributed by atoms with E-state index in [1.165, 1.54) is 66.6 Å². The summed E-state index contributed by atoms with van der Waals surface area (Å²) in [6.45, 7) is 2.38. The van der Waals surface area contributed by atoms with Crippen molar-refractivity contribution < 1.29 is 4.42 Å². The molecule has 0 aliphatic heterocycles. The first-order valence-corrected chi connectivity index (χ1v) is 20.5. The number of para-hydroxylation sites is 1. The summed E-state index contributed by atoms with van der Waals surface area (Å²) in [5.74, 6) is 0. The molecule has 0 amide bonds. The van der Waals surface area contributed by atoms with Gasteiger partial charge in [0.2, 0.25) is 0 Å². The highest BCUT2D eigenvalue weighted by Gasteiger charge is 2.46. The van der Waals surface area contributed by atoms with Crippen molar-refractivity contribution in [3.63, 3.8) is 0 Å². The van der Waals surface area contributed by atoms with E-state index in [2.05, 4.69) is 230 Å². The van der Waals surface area contributed by atoms with Crippen LogP contribution in [0.15, 0.2) is 223 Å². The topological polar surface area (TPSA) is 16.4 Å². The first-order valence-electron chi connectivity index (χ1n) is 20.5. The number of rotatable bonds is 6. The lowest BCUT2D eigenvalue weighted by Crippen LogP contribution is -2.28. The zero-order chi connectivity index (χ0) is 39.1. The van der Waals surface area contributed by atoms with Crippen molar-refractivity contribution in [3.8, 4) is 22.3 Å². The summed E-state index contributed by atoms with van der Waals surface area (Å²) in [5, 5.41) is 2.28. The summed E-state index contributed by atoms with van der Waals surface area (Å²) in [7, 11) is 0. The van der Waals surface area contributed by atoms with E-state index in [1.807, 2.05) is 0 Å². The molecule has 0 fully saturated rings. The van der Waals surface area contributed by atoms with Gasteiger partial charge >= 0.3 is 0 Å². The van der Waals surface area contributed by atoms with E-state index in [0.29, 0.717) is 0 Å². The molecule has 1 heterocycles. The average Bonchev–Trinajstić information content (AvgIpc) is 3.92. The fourth-order valence-corrected chi connectivity index (χ4v) is 10.7. The molecule has 59 heavy (non-hydrogen) atoms. The van der Waals surface area contributed by atoms with Crippen LogP contribution in [0.1, 0.15) is 45.9 Å². The molecule has 0 spiro atoms. The molecule has 0 atom stereocenters. The van der Waals surface area contributed by atoms with Crippen LogP contribution in [-0.4, -0.2) is 0 Å². The molecule has 0 bridgehead atoms. The number of benzene rings is 9. The summed E-state index contributed by atoms with van der Waals surface area (Å²) in [6.07, 6.45) is 0. The van der Waals surface area contributed by atoms with Gasteiger partial charge in [-0.3, -0.25) is 0 Å². The molecule has 9 aromatic carbocycles. The number of fused-ring (bicyclic) bond motifs is 9. The molecule has 0 radical (unpaired) electrons. The Bertz CT molecular complexity index is 3150. The van der Waals surface area contributed by atoms with Crippen LogP contribution in [0.5, 0.6) is 0 Å². The van der Waals surface area contributed by atoms with E-state index >= 15 is 0 Å². The molecule has 2 aliphatic carbocycles. The van der Waals surface area contributed by atoms with Crippen molar-refractivity contribution in [2.75, 3.05) is 4.90 Å². The zero-order valence-electron chi connectivity index (χ0n) is 32.6. The minimum absolute atomic E-state index is 0.343. The van der Waals surface area contributed by atoms with Gasteiger partial charge in [0.25, 0.3) is 0 Å². The number of hydrogen-bond donors (Lipinski definition) is 0. The maximum atomic E-state index is 6.87. The number of nitrogens with zero attached hydrogens (tertiary/aromatic N) is 1. The lowest BCUT2D eigenvalue weighted by molar-refractivity contribution is 0.666. The maximum absolute atomic E-state index is 6.87. The summed E-state index contributed by atoms with van der Waals surface area (Å²) in [6, 6.07) is 79.8. The zero-order valence-corrected chi connectivity index (χ0v) is 32.6. The second-order valence-corrected chi connectivity index (χ2v) is 16.1. The van der Waals surface area contributed by atoms with Crippen LogP contribution in [0.4, 0.5) is 17.1 Å². The third-order valence-electron chi connectivity index (χ3n) is 13.2. The first kappa shape index (κ1) is 33.7. The molecule has 2 aliphatic rings. The Balaban J connectivity index is 1.07. The Labute approximate surface area is 344 Å². The van der Waals surface area contributed by atoms with Crippen LogP contribution in [0.3, 0.4) is 0 Å². The molecule has 0 saturated heterocycles. The minimum atomic E-state index is -0.501. The lowest BCUT2D eigenvalue weighted by Gasteiger charge is -2.35. The van der Waals surface area contributed by atoms with Gasteiger partial charge < -0.3 is 9.32 Å². The Kier molecular flexibility index (Phi) is 7.31. The average molecular weight is 754 g/mol. The van der Waals surface area contributed by atoms with Gasteiger partial charge in [0, 0.05) is 39.3 Å². The van der Waals surface area contributed by atoms with Gasteiger partial charge in [0.05, 0.1) is 5.41 Å². The molecular formula is C57H39NO. The minimum Gasteiger partial charge on any atom is -0.456 e. The van der Waals surface area contributed by atoms with Crippen molar-refractivity contribution in [3.05, 3.63) is 257 Å². The van der Waals surface area contributed by atoms with Crippen LogP contribution in [-0.2, 0) is 10.8 Å². The fourth-order valence-electron chi connectivity index (χ4n) is 10.7. The number of anilines is 3. The summed E-state index contributed by atoms with van der Waals surface area (Å²) in [4.78, 5) is 2.38. The van der Waals surface area contributed by atoms with E-state index in [1.54, 1.807) is 0 Å². The van der Waals surface area contributed by atoms with E-state index in [-0.39, 0.29) is 5.41 Å². The molecule has 2 heteroatoms. The van der Waals surface area contributed by atoms with Gasteiger partial charge in [-0.05, 0) is 111 Å². The largest absolute Gasteiger partial charge is 0.456 e. The van der Waals surface area contributed by atoms with Crippen LogP contribution < -0.4 is 4.90 Å². The third-order valence-corrected chi connectivity index (χ3v) is 13.2. The van der Waals surface area contributed by atoms with Crippen molar-refractivity contribution in [1.29, 1.82) is 0 Å². The van der Waals surface area contributed by atoms with Gasteiger partial charge in [-0.2, -0.15) is 0 Å². The van der Waals surface area contributed by atoms with E-state index < -0.39 is 5.41 Å². The smallest absolute Gasteiger partial charge is 0.137 e. The third kappa shape index (κ3) is 4.69. The van der Waals surface area contributed by atoms with Crippen molar-refractivity contribution in [1.82, 2.24) is 0 Å². The number of furan rings is 1. The van der Waals surface area contributed by atoms with E-state index in [9.17, 15) is 0 Å². The number of hydrogen-bond acceptors (Lipinski definition) is 2. The highest BCUT2D eigenvalue weighted by atomic mass is 16.3. The van der Waals surface area contributed by atoms with Crippen molar-refractivity contribution >= 4 is 39.0 Å². The molecule has 1 aromatic heterocycles. The normalized spacial score (nSPS) is 14.1. The van der Waals surface area contributed by atoms with Crippen molar-refractivity contribution in [2.45, 2.75) is 17.8 Å². The Morgan fingerprint density at radius 3 is 1.49 bits per heavy atom. The Morgan fingerprint density at radius 1 is 0.356 bits per heavy atom. The highest BCUT2D eigenvalue weighted by molar-refractivity contribution is 6.09. The summed E-state index contributed by atoms with van der Waals surface area (Å²) < 4.78 is 6.87.